The Morgan fingerprint density at radius 2 is 1.74 bits per heavy atom. The van der Waals surface area contributed by atoms with E-state index in [1.165, 1.54) is 52.0 Å². The molecule has 1 N–H and O–H groups in total. The molecule has 1 saturated heterocycles. The number of rotatable bonds is 4. The van der Waals surface area contributed by atoms with Gasteiger partial charge < -0.3 is 10.2 Å². The fraction of sp³-hybridized carbons (Fsp3) is 1.00. The van der Waals surface area contributed by atoms with Gasteiger partial charge in [0.05, 0.1) is 0 Å². The van der Waals surface area contributed by atoms with Crippen LogP contribution in [0.3, 0.4) is 0 Å². The van der Waals surface area contributed by atoms with E-state index in [0.717, 1.165) is 17.9 Å². The predicted octanol–water partition coefficient (Wildman–Crippen LogP) is 2.04. The third kappa shape index (κ3) is 3.71. The van der Waals surface area contributed by atoms with E-state index < -0.39 is 0 Å². The van der Waals surface area contributed by atoms with Crippen molar-refractivity contribution in [3.05, 3.63) is 0 Å². The Morgan fingerprint density at radius 1 is 1.05 bits per heavy atom. The maximum atomic E-state index is 3.59. The lowest BCUT2D eigenvalue weighted by Crippen LogP contribution is -2.60. The maximum absolute atomic E-state index is 3.59. The molecule has 2 rings (SSSR count). The summed E-state index contributed by atoms with van der Waals surface area (Å²) >= 11 is 0. The highest BCUT2D eigenvalue weighted by molar-refractivity contribution is 4.94. The Hall–Kier alpha value is -0.120. The summed E-state index contributed by atoms with van der Waals surface area (Å²) < 4.78 is 0. The summed E-state index contributed by atoms with van der Waals surface area (Å²) in [5.74, 6) is 1.71. The minimum absolute atomic E-state index is 0.691. The molecule has 19 heavy (non-hydrogen) atoms. The summed E-state index contributed by atoms with van der Waals surface area (Å²) in [4.78, 5) is 5.39. The topological polar surface area (TPSA) is 18.5 Å². The molecule has 0 aromatic heterocycles. The number of nitrogens with one attached hydrogen (secondary N) is 1. The first kappa shape index (κ1) is 15.3. The van der Waals surface area contributed by atoms with Gasteiger partial charge in [0.15, 0.2) is 0 Å². The maximum Gasteiger partial charge on any atom is 0.0276 e. The molecule has 0 radical (unpaired) electrons. The van der Waals surface area contributed by atoms with E-state index in [9.17, 15) is 0 Å². The third-order valence-corrected chi connectivity index (χ3v) is 5.16. The van der Waals surface area contributed by atoms with Crippen LogP contribution < -0.4 is 5.32 Å². The zero-order valence-electron chi connectivity index (χ0n) is 13.4. The average Bonchev–Trinajstić information content (AvgIpc) is 2.39. The van der Waals surface area contributed by atoms with Crippen LogP contribution in [0, 0.1) is 11.8 Å². The SMILES string of the molecule is CCCN1CCN(C2C(C)CC(C)CC2NC)CC1. The first-order valence-corrected chi connectivity index (χ1v) is 8.29. The molecule has 0 aromatic rings. The molecule has 0 aromatic carbocycles. The largest absolute Gasteiger partial charge is 0.315 e. The Kier molecular flexibility index (Phi) is 5.67. The summed E-state index contributed by atoms with van der Waals surface area (Å²) in [7, 11) is 2.15. The van der Waals surface area contributed by atoms with E-state index >= 15 is 0 Å². The van der Waals surface area contributed by atoms with Crippen LogP contribution in [-0.2, 0) is 0 Å². The molecule has 0 amide bonds. The summed E-state index contributed by atoms with van der Waals surface area (Å²) in [5.41, 5.74) is 0. The lowest BCUT2D eigenvalue weighted by atomic mass is 9.75. The van der Waals surface area contributed by atoms with Crippen molar-refractivity contribution in [1.82, 2.24) is 15.1 Å². The van der Waals surface area contributed by atoms with Crippen LogP contribution in [0.25, 0.3) is 0 Å². The van der Waals surface area contributed by atoms with Gasteiger partial charge in [0, 0.05) is 38.3 Å². The van der Waals surface area contributed by atoms with Crippen LogP contribution in [0.4, 0.5) is 0 Å². The smallest absolute Gasteiger partial charge is 0.0276 e. The third-order valence-electron chi connectivity index (χ3n) is 5.16. The van der Waals surface area contributed by atoms with Gasteiger partial charge in [-0.05, 0) is 44.7 Å². The molecule has 1 aliphatic carbocycles. The second-order valence-corrected chi connectivity index (χ2v) is 6.82. The van der Waals surface area contributed by atoms with Gasteiger partial charge in [-0.25, -0.2) is 0 Å². The van der Waals surface area contributed by atoms with E-state index in [0.29, 0.717) is 6.04 Å². The number of likely N-dealkylation sites (N-methyl/N-ethyl adjacent to an activating group) is 1. The monoisotopic (exact) mass is 267 g/mol. The van der Waals surface area contributed by atoms with Crippen molar-refractivity contribution in [2.75, 3.05) is 39.8 Å². The molecule has 2 fully saturated rings. The Labute approximate surface area is 119 Å². The first-order valence-electron chi connectivity index (χ1n) is 8.29. The van der Waals surface area contributed by atoms with E-state index in [1.807, 2.05) is 0 Å². The highest BCUT2D eigenvalue weighted by Gasteiger charge is 2.37. The molecule has 112 valence electrons. The molecule has 0 spiro atoms. The molecular formula is C16H33N3. The quantitative estimate of drug-likeness (QED) is 0.841. The molecule has 4 atom stereocenters. The predicted molar refractivity (Wildman–Crippen MR) is 82.5 cm³/mol. The number of piperazine rings is 1. The van der Waals surface area contributed by atoms with E-state index in [1.54, 1.807) is 0 Å². The lowest BCUT2D eigenvalue weighted by Gasteiger charge is -2.48. The standard InChI is InChI=1S/C16H33N3/c1-5-6-18-7-9-19(10-8-18)16-14(3)11-13(2)12-15(16)17-4/h13-17H,5-12H2,1-4H3. The van der Waals surface area contributed by atoms with Crippen LogP contribution in [0.2, 0.25) is 0 Å². The van der Waals surface area contributed by atoms with Crippen molar-refractivity contribution < 1.29 is 0 Å². The molecule has 1 saturated carbocycles. The van der Waals surface area contributed by atoms with Crippen molar-refractivity contribution in [2.45, 2.75) is 52.1 Å². The van der Waals surface area contributed by atoms with Gasteiger partial charge in [0.2, 0.25) is 0 Å². The normalized spacial score (nSPS) is 38.5. The van der Waals surface area contributed by atoms with Crippen molar-refractivity contribution >= 4 is 0 Å². The number of hydrogen-bond donors (Lipinski definition) is 1. The van der Waals surface area contributed by atoms with Crippen molar-refractivity contribution in [3.63, 3.8) is 0 Å². The molecule has 4 unspecified atom stereocenters. The number of nitrogens with zero attached hydrogens (tertiary/aromatic N) is 2. The van der Waals surface area contributed by atoms with Gasteiger partial charge in [-0.3, -0.25) is 4.90 Å². The first-order chi connectivity index (χ1) is 9.15. The fourth-order valence-corrected chi connectivity index (χ4v) is 4.34. The average molecular weight is 267 g/mol. The fourth-order valence-electron chi connectivity index (χ4n) is 4.34. The summed E-state index contributed by atoms with van der Waals surface area (Å²) in [6.45, 7) is 13.5. The molecule has 1 aliphatic heterocycles. The Bertz CT molecular complexity index is 261. The minimum atomic E-state index is 0.691. The van der Waals surface area contributed by atoms with Gasteiger partial charge in [-0.15, -0.1) is 0 Å². The van der Waals surface area contributed by atoms with Crippen LogP contribution in [0.5, 0.6) is 0 Å². The summed E-state index contributed by atoms with van der Waals surface area (Å²) in [5, 5.41) is 3.59. The van der Waals surface area contributed by atoms with Crippen molar-refractivity contribution in [2.24, 2.45) is 11.8 Å². The van der Waals surface area contributed by atoms with Crippen LogP contribution in [0.1, 0.15) is 40.0 Å². The van der Waals surface area contributed by atoms with E-state index in [2.05, 4.69) is 42.9 Å². The van der Waals surface area contributed by atoms with Crippen molar-refractivity contribution in [3.8, 4) is 0 Å². The van der Waals surface area contributed by atoms with Crippen molar-refractivity contribution in [1.29, 1.82) is 0 Å². The highest BCUT2D eigenvalue weighted by atomic mass is 15.3. The Balaban J connectivity index is 1.92. The summed E-state index contributed by atoms with van der Waals surface area (Å²) in [6, 6.07) is 1.45. The van der Waals surface area contributed by atoms with Gasteiger partial charge in [-0.2, -0.15) is 0 Å². The minimum Gasteiger partial charge on any atom is -0.315 e. The van der Waals surface area contributed by atoms with Gasteiger partial charge in [-0.1, -0.05) is 20.8 Å². The van der Waals surface area contributed by atoms with Crippen LogP contribution >= 0.6 is 0 Å². The second kappa shape index (κ2) is 7.05. The lowest BCUT2D eigenvalue weighted by molar-refractivity contribution is 0.0257. The van der Waals surface area contributed by atoms with Gasteiger partial charge in [0.1, 0.15) is 0 Å². The zero-order valence-corrected chi connectivity index (χ0v) is 13.4. The molecule has 0 bridgehead atoms. The number of hydrogen-bond acceptors (Lipinski definition) is 3. The Morgan fingerprint density at radius 3 is 2.32 bits per heavy atom. The molecule has 1 heterocycles. The van der Waals surface area contributed by atoms with Crippen LogP contribution in [-0.4, -0.2) is 61.7 Å². The highest BCUT2D eigenvalue weighted by Crippen LogP contribution is 2.32. The van der Waals surface area contributed by atoms with E-state index in [4.69, 9.17) is 0 Å². The van der Waals surface area contributed by atoms with Gasteiger partial charge >= 0.3 is 0 Å². The molecular weight excluding hydrogens is 234 g/mol. The van der Waals surface area contributed by atoms with E-state index in [-0.39, 0.29) is 0 Å². The zero-order chi connectivity index (χ0) is 13.8. The van der Waals surface area contributed by atoms with Gasteiger partial charge in [0.25, 0.3) is 0 Å². The second-order valence-electron chi connectivity index (χ2n) is 6.82. The van der Waals surface area contributed by atoms with Crippen LogP contribution in [0.15, 0.2) is 0 Å². The molecule has 3 heteroatoms. The summed E-state index contributed by atoms with van der Waals surface area (Å²) in [6.07, 6.45) is 4.04. The molecule has 3 nitrogen and oxygen atoms in total. The molecule has 2 aliphatic rings.